The lowest BCUT2D eigenvalue weighted by molar-refractivity contribution is -0.136. The molecule has 3 aliphatic rings. The summed E-state index contributed by atoms with van der Waals surface area (Å²) in [6.45, 7) is 1.89. The van der Waals surface area contributed by atoms with E-state index in [4.69, 9.17) is 38.9 Å². The minimum Gasteiger partial charge on any atom is -0.370 e. The summed E-state index contributed by atoms with van der Waals surface area (Å²) in [5.41, 5.74) is 3.81. The van der Waals surface area contributed by atoms with Crippen molar-refractivity contribution in [2.45, 2.75) is 17.7 Å². The molecule has 2 saturated heterocycles. The Balaban J connectivity index is 1.62. The Morgan fingerprint density at radius 2 is 2.23 bits per heavy atom. The van der Waals surface area contributed by atoms with Gasteiger partial charge in [0, 0.05) is 25.3 Å². The van der Waals surface area contributed by atoms with Gasteiger partial charge in [-0.2, -0.15) is 5.10 Å². The Morgan fingerprint density at radius 3 is 2.97 bits per heavy atom. The number of ether oxygens (including phenoxy) is 1. The van der Waals surface area contributed by atoms with Crippen LogP contribution in [0, 0.1) is 11.8 Å². The van der Waals surface area contributed by atoms with E-state index < -0.39 is 0 Å². The number of nitrogens with one attached hydrogen (secondary N) is 1. The average Bonchev–Trinajstić information content (AvgIpc) is 3.35. The molecule has 3 N–H and O–H groups in total. The largest absolute Gasteiger partial charge is 0.370 e. The first-order valence-electron chi connectivity index (χ1n) is 10.1. The molecule has 0 saturated carbocycles. The normalized spacial score (nSPS) is 28.2. The number of rotatable bonds is 6. The first-order valence-corrected chi connectivity index (χ1v) is 11.9. The molecule has 1 aromatic carbocycles. The van der Waals surface area contributed by atoms with E-state index in [1.807, 2.05) is 23.9 Å². The highest BCUT2D eigenvalue weighted by Gasteiger charge is 2.60. The number of carbonyl (C=O) groups excluding carboxylic acids is 2. The third-order valence-electron chi connectivity index (χ3n) is 6.20. The van der Waals surface area contributed by atoms with E-state index >= 15 is 0 Å². The Bertz CT molecular complexity index is 917. The maximum Gasteiger partial charge on any atom is 0.259 e. The second-order valence-electron chi connectivity index (χ2n) is 7.93. The molecule has 2 amide bonds. The van der Waals surface area contributed by atoms with Crippen molar-refractivity contribution in [3.05, 3.63) is 33.8 Å². The van der Waals surface area contributed by atoms with E-state index in [0.717, 1.165) is 36.4 Å². The number of nitrogens with two attached hydrogens (primary N) is 1. The van der Waals surface area contributed by atoms with Gasteiger partial charge in [-0.3, -0.25) is 19.9 Å². The number of thioether (sulfide) groups is 1. The van der Waals surface area contributed by atoms with E-state index in [0.29, 0.717) is 23.2 Å². The average molecular weight is 486 g/mol. The van der Waals surface area contributed by atoms with Gasteiger partial charge in [-0.1, -0.05) is 29.3 Å². The molecule has 31 heavy (non-hydrogen) atoms. The van der Waals surface area contributed by atoms with Gasteiger partial charge < -0.3 is 4.74 Å². The van der Waals surface area contributed by atoms with E-state index in [1.54, 1.807) is 13.1 Å². The van der Waals surface area contributed by atoms with Crippen LogP contribution < -0.4 is 11.3 Å². The van der Waals surface area contributed by atoms with Crippen molar-refractivity contribution in [3.8, 4) is 0 Å². The van der Waals surface area contributed by atoms with E-state index in [2.05, 4.69) is 10.3 Å². The highest BCUT2D eigenvalue weighted by atomic mass is 35.5. The Labute approximate surface area is 195 Å². The predicted octanol–water partition coefficient (Wildman–Crippen LogP) is 1.95. The van der Waals surface area contributed by atoms with Crippen LogP contribution in [0.1, 0.15) is 18.4 Å². The van der Waals surface area contributed by atoms with E-state index in [1.165, 1.54) is 5.01 Å². The quantitative estimate of drug-likeness (QED) is 0.276. The molecule has 8 nitrogen and oxygen atoms in total. The third-order valence-corrected chi connectivity index (χ3v) is 8.68. The van der Waals surface area contributed by atoms with Gasteiger partial charge in [0.2, 0.25) is 5.91 Å². The molecule has 0 radical (unpaired) electrons. The fourth-order valence-electron chi connectivity index (χ4n) is 4.83. The molecule has 1 aromatic rings. The van der Waals surface area contributed by atoms with Crippen LogP contribution >= 0.6 is 35.0 Å². The summed E-state index contributed by atoms with van der Waals surface area (Å²) in [5.74, 6) is 5.31. The van der Waals surface area contributed by atoms with Crippen LogP contribution in [-0.2, 0) is 14.3 Å². The number of hydrazone groups is 1. The summed E-state index contributed by atoms with van der Waals surface area (Å²) in [5, 5.41) is 7.09. The standard InChI is InChI=1S/C20H25Cl2N5O3S/c1-26-19(29)13-11-31-20(5-2-6-27(20)7-8-30-10-16(28)24-23)17(13)18(25-26)12-3-4-14(21)15(22)9-12/h3-4,9,13,17H,2,5-8,10-11,23H2,1H3,(H,24,28). The fourth-order valence-corrected chi connectivity index (χ4v) is 7.04. The summed E-state index contributed by atoms with van der Waals surface area (Å²) >= 11 is 14.3. The number of hydrogen-bond donors (Lipinski definition) is 2. The molecular formula is C20H25Cl2N5O3S. The van der Waals surface area contributed by atoms with Crippen LogP contribution in [-0.4, -0.2) is 71.4 Å². The number of halogens is 2. The van der Waals surface area contributed by atoms with Crippen LogP contribution in [0.2, 0.25) is 10.0 Å². The minimum absolute atomic E-state index is 0.0425. The minimum atomic E-state index is -0.360. The topological polar surface area (TPSA) is 100 Å². The molecule has 3 aliphatic heterocycles. The van der Waals surface area contributed by atoms with Crippen LogP contribution in [0.3, 0.4) is 0 Å². The number of benzene rings is 1. The van der Waals surface area contributed by atoms with Crippen molar-refractivity contribution in [1.82, 2.24) is 15.3 Å². The summed E-state index contributed by atoms with van der Waals surface area (Å²) in [6.07, 6.45) is 1.98. The molecule has 4 rings (SSSR count). The van der Waals surface area contributed by atoms with Gasteiger partial charge in [-0.25, -0.2) is 10.9 Å². The zero-order chi connectivity index (χ0) is 22.2. The van der Waals surface area contributed by atoms with Crippen molar-refractivity contribution in [2.75, 3.05) is 39.1 Å². The highest BCUT2D eigenvalue weighted by Crippen LogP contribution is 2.56. The van der Waals surface area contributed by atoms with Gasteiger partial charge in [-0.15, -0.1) is 11.8 Å². The van der Waals surface area contributed by atoms with Gasteiger partial charge in [-0.05, 0) is 37.1 Å². The van der Waals surface area contributed by atoms with E-state index in [9.17, 15) is 9.59 Å². The number of amides is 2. The van der Waals surface area contributed by atoms with E-state index in [-0.39, 0.29) is 35.1 Å². The lowest BCUT2D eigenvalue weighted by Crippen LogP contribution is -2.54. The number of hydrazine groups is 1. The van der Waals surface area contributed by atoms with Crippen molar-refractivity contribution >= 4 is 52.5 Å². The molecule has 168 valence electrons. The number of fused-ring (bicyclic) bond motifs is 2. The molecule has 1 spiro atoms. The molecule has 3 atom stereocenters. The van der Waals surface area contributed by atoms with Crippen LogP contribution in [0.4, 0.5) is 0 Å². The molecule has 11 heteroatoms. The molecule has 2 fully saturated rings. The molecule has 0 bridgehead atoms. The molecular weight excluding hydrogens is 461 g/mol. The predicted molar refractivity (Wildman–Crippen MR) is 122 cm³/mol. The molecule has 0 aliphatic carbocycles. The summed E-state index contributed by atoms with van der Waals surface area (Å²) in [6, 6.07) is 5.51. The highest BCUT2D eigenvalue weighted by molar-refractivity contribution is 8.01. The number of hydrogen-bond acceptors (Lipinski definition) is 7. The number of carbonyl (C=O) groups is 2. The third kappa shape index (κ3) is 4.19. The zero-order valence-corrected chi connectivity index (χ0v) is 19.5. The Morgan fingerprint density at radius 1 is 1.42 bits per heavy atom. The van der Waals surface area contributed by atoms with Crippen LogP contribution in [0.15, 0.2) is 23.3 Å². The summed E-state index contributed by atoms with van der Waals surface area (Å²) in [4.78, 5) is 26.4. The summed E-state index contributed by atoms with van der Waals surface area (Å²) in [7, 11) is 1.70. The van der Waals surface area contributed by atoms with Gasteiger partial charge in [0.05, 0.1) is 33.2 Å². The smallest absolute Gasteiger partial charge is 0.259 e. The van der Waals surface area contributed by atoms with Crippen molar-refractivity contribution in [1.29, 1.82) is 0 Å². The first kappa shape index (κ1) is 22.8. The van der Waals surface area contributed by atoms with Gasteiger partial charge in [0.1, 0.15) is 6.61 Å². The molecule has 3 heterocycles. The number of likely N-dealkylation sites (tertiary alicyclic amines) is 1. The van der Waals surface area contributed by atoms with Crippen LogP contribution in [0.25, 0.3) is 0 Å². The maximum absolute atomic E-state index is 13.0. The van der Waals surface area contributed by atoms with Crippen molar-refractivity contribution in [3.63, 3.8) is 0 Å². The SMILES string of the molecule is CN1N=C(c2ccc(Cl)c(Cl)c2)C2C(CSC23CCCN3CCOCC(=O)NN)C1=O. The monoisotopic (exact) mass is 485 g/mol. The second-order valence-corrected chi connectivity index (χ2v) is 10.1. The Kier molecular flexibility index (Phi) is 6.81. The maximum atomic E-state index is 13.0. The van der Waals surface area contributed by atoms with Gasteiger partial charge >= 0.3 is 0 Å². The van der Waals surface area contributed by atoms with Crippen LogP contribution in [0.5, 0.6) is 0 Å². The Hall–Kier alpha value is -1.36. The van der Waals surface area contributed by atoms with Gasteiger partial charge in [0.25, 0.3) is 5.91 Å². The lowest BCUT2D eigenvalue weighted by Gasteiger charge is -2.43. The molecule has 3 unspecified atom stereocenters. The second kappa shape index (κ2) is 9.25. The fraction of sp³-hybridized carbons (Fsp3) is 0.550. The van der Waals surface area contributed by atoms with Crippen molar-refractivity contribution in [2.24, 2.45) is 22.8 Å². The number of nitrogens with zero attached hydrogens (tertiary/aromatic N) is 3. The van der Waals surface area contributed by atoms with Crippen molar-refractivity contribution < 1.29 is 14.3 Å². The van der Waals surface area contributed by atoms with Gasteiger partial charge in [0.15, 0.2) is 0 Å². The zero-order valence-electron chi connectivity index (χ0n) is 17.1. The summed E-state index contributed by atoms with van der Waals surface area (Å²) < 4.78 is 5.49. The first-order chi connectivity index (χ1) is 14.9. The molecule has 0 aromatic heterocycles. The lowest BCUT2D eigenvalue weighted by atomic mass is 9.78.